The van der Waals surface area contributed by atoms with E-state index in [1.54, 1.807) is 53.7 Å². The van der Waals surface area contributed by atoms with Crippen LogP contribution in [-0.4, -0.2) is 153 Å². The Kier molecular flexibility index (Phi) is 22.4. The number of allylic oxidation sites excluding steroid dienone is 4. The fraction of sp³-hybridized carbons (Fsp3) is 0.635. The van der Waals surface area contributed by atoms with Crippen molar-refractivity contribution < 1.29 is 88.0 Å². The quantitative estimate of drug-likeness (QED) is 0.0655. The van der Waals surface area contributed by atoms with E-state index in [0.29, 0.717) is 23.1 Å². The number of hydrogen-bond donors (Lipinski definition) is 7. The van der Waals surface area contributed by atoms with Crippen LogP contribution in [0.25, 0.3) is 0 Å². The Labute approximate surface area is 431 Å². The number of ether oxygens (including phenoxy) is 8. The fourth-order valence-corrected chi connectivity index (χ4v) is 9.16. The second kappa shape index (κ2) is 26.5. The first kappa shape index (κ1) is 60.7. The van der Waals surface area contributed by atoms with Crippen molar-refractivity contribution in [3.05, 3.63) is 79.9 Å². The highest BCUT2D eigenvalue weighted by atomic mass is 35.5. The fourth-order valence-electron chi connectivity index (χ4n) is 8.60. The molecule has 3 aliphatic rings. The van der Waals surface area contributed by atoms with E-state index in [-0.39, 0.29) is 35.4 Å². The standard InChI is InChI=1S/C52H74Cl2O18/c1-13-30-22-26(6)33(56)18-16-15-17-31(23-66-51-45(65-12)42(61)44(29(9)67-51)69-49(64)35-32(14-2)36(53)39(58)37(54)38(35)57)48(63)68-34(28(8)55)20-19-25(5)21-27(7)43(30)70-50-41(60)40(59)46(52(10,11)72-50)71-47(62)24(3)4/h15-17,19,21-22,24,28-30,33-34,40-46,50-51,55-61H,13-14,18,20,23H2,1-12H3/t28?,29-,30-,33-,34-,40+,41-,42+,43-,44-,45+,46-,50+,51-/m0/s1. The number of carbonyl (C=O) groups excluding carboxylic acids is 3. The van der Waals surface area contributed by atoms with E-state index in [4.69, 9.17) is 61.1 Å². The molecule has 3 heterocycles. The van der Waals surface area contributed by atoms with Crippen LogP contribution in [0.3, 0.4) is 0 Å². The summed E-state index contributed by atoms with van der Waals surface area (Å²) in [6, 6.07) is 0. The largest absolute Gasteiger partial charge is 0.505 e. The van der Waals surface area contributed by atoms with Crippen molar-refractivity contribution in [3.63, 3.8) is 0 Å². The van der Waals surface area contributed by atoms with Gasteiger partial charge in [0.1, 0.15) is 46.7 Å². The first-order valence-corrected chi connectivity index (χ1v) is 24.9. The molecule has 0 spiro atoms. The van der Waals surface area contributed by atoms with Gasteiger partial charge < -0.3 is 73.6 Å². The van der Waals surface area contributed by atoms with Gasteiger partial charge in [0.2, 0.25) is 0 Å². The highest BCUT2D eigenvalue weighted by Crippen LogP contribution is 2.45. The number of phenols is 2. The first-order chi connectivity index (χ1) is 33.7. The van der Waals surface area contributed by atoms with Crippen molar-refractivity contribution in [2.24, 2.45) is 11.8 Å². The lowest BCUT2D eigenvalue weighted by Gasteiger charge is -2.47. The van der Waals surface area contributed by atoms with Crippen molar-refractivity contribution in [3.8, 4) is 11.5 Å². The molecule has 0 aromatic heterocycles. The average molecular weight is 1060 g/mol. The Hall–Kier alpha value is -3.89. The molecule has 72 heavy (non-hydrogen) atoms. The second-order valence-corrected chi connectivity index (χ2v) is 20.1. The average Bonchev–Trinajstić information content (AvgIpc) is 3.32. The lowest BCUT2D eigenvalue weighted by atomic mass is 9.88. The lowest BCUT2D eigenvalue weighted by Crippen LogP contribution is -2.64. The number of aromatic hydroxyl groups is 2. The Balaban J connectivity index is 1.61. The molecule has 18 nitrogen and oxygen atoms in total. The van der Waals surface area contributed by atoms with Crippen LogP contribution in [0.5, 0.6) is 11.5 Å². The van der Waals surface area contributed by atoms with Crippen molar-refractivity contribution in [1.29, 1.82) is 0 Å². The number of phenolic OH excluding ortho intramolecular Hbond substituents is 2. The van der Waals surface area contributed by atoms with E-state index in [9.17, 15) is 50.1 Å². The van der Waals surface area contributed by atoms with Crippen LogP contribution in [0.15, 0.2) is 58.7 Å². The van der Waals surface area contributed by atoms with E-state index in [1.807, 2.05) is 32.9 Å². The van der Waals surface area contributed by atoms with Gasteiger partial charge in [-0.05, 0) is 90.5 Å². The Morgan fingerprint density at radius 3 is 2.17 bits per heavy atom. The van der Waals surface area contributed by atoms with Gasteiger partial charge in [0.25, 0.3) is 0 Å². The summed E-state index contributed by atoms with van der Waals surface area (Å²) in [7, 11) is 1.26. The summed E-state index contributed by atoms with van der Waals surface area (Å²) >= 11 is 12.3. The van der Waals surface area contributed by atoms with E-state index in [0.717, 1.165) is 0 Å². The highest BCUT2D eigenvalue weighted by Gasteiger charge is 2.53. The van der Waals surface area contributed by atoms with Gasteiger partial charge in [0, 0.05) is 19.4 Å². The zero-order chi connectivity index (χ0) is 54.1. The minimum Gasteiger partial charge on any atom is -0.505 e. The maximum atomic E-state index is 13.9. The lowest BCUT2D eigenvalue weighted by molar-refractivity contribution is -0.333. The molecule has 3 aliphatic heterocycles. The SMILES string of the molecule is CCc1c(Cl)c(O)c(Cl)c(O)c1C(=O)O[C@@H]1[C@@H](O)[C@@H](OC)[C@@H](OCC2=CC=CC[C@H](O)C(C)=C[C@H](CC)[C@@H](O[C@@H]3OC(C)(C)[C@@H](OC(=O)C(C)C)[C@H](O)[C@@H]3O)C(C)=CC(C)=CC[C@@H](C(C)O)OC2=O)O[C@H]1C. The second-order valence-electron chi connectivity index (χ2n) is 19.4. The molecule has 0 amide bonds. The van der Waals surface area contributed by atoms with Crippen molar-refractivity contribution in [2.45, 2.75) is 187 Å². The molecule has 14 atom stereocenters. The van der Waals surface area contributed by atoms with Gasteiger partial charge in [-0.3, -0.25) is 4.79 Å². The molecule has 0 radical (unpaired) electrons. The number of hydrogen-bond acceptors (Lipinski definition) is 18. The topological polar surface area (TPSA) is 267 Å². The number of aliphatic hydroxyl groups excluding tert-OH is 5. The van der Waals surface area contributed by atoms with E-state index in [1.165, 1.54) is 33.1 Å². The molecular weight excluding hydrogens is 983 g/mol. The van der Waals surface area contributed by atoms with Crippen molar-refractivity contribution in [1.82, 2.24) is 0 Å². The number of aliphatic hydroxyl groups is 5. The molecule has 20 heteroatoms. The molecule has 2 fully saturated rings. The third kappa shape index (κ3) is 14.7. The van der Waals surface area contributed by atoms with Crippen LogP contribution in [0.4, 0.5) is 0 Å². The summed E-state index contributed by atoms with van der Waals surface area (Å²) in [4.78, 5) is 40.0. The zero-order valence-corrected chi connectivity index (χ0v) is 44.5. The third-order valence-corrected chi connectivity index (χ3v) is 13.8. The van der Waals surface area contributed by atoms with Gasteiger partial charge in [-0.15, -0.1) is 0 Å². The summed E-state index contributed by atoms with van der Waals surface area (Å²) in [6.07, 6.45) is -5.45. The minimum absolute atomic E-state index is 0.0372. The minimum atomic E-state index is -1.61. The number of cyclic esters (lactones) is 1. The Morgan fingerprint density at radius 2 is 1.57 bits per heavy atom. The number of methoxy groups -OCH3 is 1. The van der Waals surface area contributed by atoms with E-state index in [2.05, 4.69) is 0 Å². The summed E-state index contributed by atoms with van der Waals surface area (Å²) < 4.78 is 47.5. The summed E-state index contributed by atoms with van der Waals surface area (Å²) in [6.45, 7) is 18.1. The number of rotatable bonds is 13. The van der Waals surface area contributed by atoms with E-state index >= 15 is 0 Å². The number of carbonyl (C=O) groups is 3. The summed E-state index contributed by atoms with van der Waals surface area (Å²) in [5, 5.41) is 76.5. The number of benzene rings is 1. The molecule has 2 saturated heterocycles. The van der Waals surface area contributed by atoms with Gasteiger partial charge in [0.15, 0.2) is 36.3 Å². The third-order valence-electron chi connectivity index (χ3n) is 13.0. The number of halogens is 2. The molecule has 0 bridgehead atoms. The van der Waals surface area contributed by atoms with Gasteiger partial charge in [-0.2, -0.15) is 0 Å². The summed E-state index contributed by atoms with van der Waals surface area (Å²) in [5.74, 6) is -4.78. The predicted octanol–water partition coefficient (Wildman–Crippen LogP) is 6.23. The van der Waals surface area contributed by atoms with Crippen molar-refractivity contribution in [2.75, 3.05) is 13.7 Å². The monoisotopic (exact) mass is 1060 g/mol. The predicted molar refractivity (Wildman–Crippen MR) is 265 cm³/mol. The van der Waals surface area contributed by atoms with Gasteiger partial charge in [-0.1, -0.05) is 86.9 Å². The molecular formula is C52H74Cl2O18. The molecule has 0 saturated carbocycles. The molecule has 1 aromatic rings. The van der Waals surface area contributed by atoms with Gasteiger partial charge in [0.05, 0.1) is 47.5 Å². The highest BCUT2D eigenvalue weighted by molar-refractivity contribution is 6.39. The Bertz CT molecular complexity index is 2220. The number of esters is 3. The molecule has 0 aliphatic carbocycles. The van der Waals surface area contributed by atoms with Gasteiger partial charge >= 0.3 is 17.9 Å². The zero-order valence-electron chi connectivity index (χ0n) is 43.0. The normalized spacial score (nSPS) is 31.5. The molecule has 404 valence electrons. The molecule has 1 unspecified atom stereocenters. The maximum absolute atomic E-state index is 13.9. The van der Waals surface area contributed by atoms with Crippen LogP contribution in [0.2, 0.25) is 10.0 Å². The van der Waals surface area contributed by atoms with Crippen LogP contribution < -0.4 is 0 Å². The van der Waals surface area contributed by atoms with Crippen LogP contribution in [-0.2, 0) is 53.9 Å². The molecule has 1 aromatic carbocycles. The smallest absolute Gasteiger partial charge is 0.342 e. The van der Waals surface area contributed by atoms with E-state index < -0.39 is 144 Å². The molecule has 7 N–H and O–H groups in total. The maximum Gasteiger partial charge on any atom is 0.342 e. The van der Waals surface area contributed by atoms with Crippen LogP contribution in [0.1, 0.15) is 111 Å². The Morgan fingerprint density at radius 1 is 0.903 bits per heavy atom. The van der Waals surface area contributed by atoms with Crippen molar-refractivity contribution >= 4 is 41.1 Å². The van der Waals surface area contributed by atoms with Gasteiger partial charge in [-0.25, -0.2) is 9.59 Å². The van der Waals surface area contributed by atoms with Crippen LogP contribution >= 0.6 is 23.2 Å². The summed E-state index contributed by atoms with van der Waals surface area (Å²) in [5.41, 5.74) is 0.318. The first-order valence-electron chi connectivity index (χ1n) is 24.2. The molecule has 4 rings (SSSR count). The van der Waals surface area contributed by atoms with Crippen LogP contribution in [0, 0.1) is 11.8 Å².